The van der Waals surface area contributed by atoms with Crippen LogP contribution in [0.4, 0.5) is 11.4 Å². The van der Waals surface area contributed by atoms with Gasteiger partial charge in [0.25, 0.3) is 0 Å². The van der Waals surface area contributed by atoms with Crippen molar-refractivity contribution < 1.29 is 9.53 Å². The van der Waals surface area contributed by atoms with Crippen molar-refractivity contribution in [3.8, 4) is 0 Å². The topological polar surface area (TPSA) is 41.6 Å². The van der Waals surface area contributed by atoms with Gasteiger partial charge in [-0.15, -0.1) is 0 Å². The fourth-order valence-corrected chi connectivity index (χ4v) is 3.04. The summed E-state index contributed by atoms with van der Waals surface area (Å²) in [6.45, 7) is 5.02. The summed E-state index contributed by atoms with van der Waals surface area (Å²) in [5, 5.41) is 3.63. The van der Waals surface area contributed by atoms with Crippen LogP contribution in [0, 0.1) is 6.92 Å². The van der Waals surface area contributed by atoms with E-state index in [4.69, 9.17) is 16.3 Å². The molecule has 0 bridgehead atoms. The first-order chi connectivity index (χ1) is 11.6. The Bertz CT molecular complexity index is 727. The molecular formula is C19H21ClN2O2. The number of benzene rings is 2. The van der Waals surface area contributed by atoms with Crippen LogP contribution in [-0.4, -0.2) is 32.2 Å². The molecule has 1 aliphatic heterocycles. The van der Waals surface area contributed by atoms with Crippen molar-refractivity contribution in [3.63, 3.8) is 0 Å². The van der Waals surface area contributed by atoms with Gasteiger partial charge >= 0.3 is 0 Å². The lowest BCUT2D eigenvalue weighted by atomic mass is 10.1. The van der Waals surface area contributed by atoms with Gasteiger partial charge in [0.05, 0.1) is 31.0 Å². The molecule has 2 aromatic rings. The number of hydrogen-bond donors (Lipinski definition) is 1. The SMILES string of the molecule is Cc1ccccc1CC(=O)Nc1cc(Cl)ccc1N1CCOCC1. The van der Waals surface area contributed by atoms with E-state index < -0.39 is 0 Å². The highest BCUT2D eigenvalue weighted by molar-refractivity contribution is 6.31. The second-order valence-electron chi connectivity index (χ2n) is 5.91. The number of nitrogens with one attached hydrogen (secondary N) is 1. The zero-order valence-corrected chi connectivity index (χ0v) is 14.5. The van der Waals surface area contributed by atoms with Crippen LogP contribution in [0.25, 0.3) is 0 Å². The molecule has 2 aromatic carbocycles. The van der Waals surface area contributed by atoms with Crippen molar-refractivity contribution >= 4 is 28.9 Å². The molecule has 0 atom stereocenters. The summed E-state index contributed by atoms with van der Waals surface area (Å²) in [6, 6.07) is 13.5. The number of ether oxygens (including phenoxy) is 1. The highest BCUT2D eigenvalue weighted by Crippen LogP contribution is 2.30. The predicted molar refractivity (Wildman–Crippen MR) is 98.0 cm³/mol. The van der Waals surface area contributed by atoms with E-state index in [2.05, 4.69) is 10.2 Å². The number of halogens is 1. The molecule has 1 amide bonds. The molecular weight excluding hydrogens is 324 g/mol. The average Bonchev–Trinajstić information content (AvgIpc) is 2.58. The van der Waals surface area contributed by atoms with Crippen LogP contribution in [0.2, 0.25) is 5.02 Å². The summed E-state index contributed by atoms with van der Waals surface area (Å²) in [5.74, 6) is -0.0407. The van der Waals surface area contributed by atoms with Gasteiger partial charge < -0.3 is 15.0 Å². The van der Waals surface area contributed by atoms with E-state index in [1.807, 2.05) is 49.4 Å². The standard InChI is InChI=1S/C19H21ClN2O2/c1-14-4-2-3-5-15(14)12-19(23)21-17-13-16(20)6-7-18(17)22-8-10-24-11-9-22/h2-7,13H,8-12H2,1H3,(H,21,23). The quantitative estimate of drug-likeness (QED) is 0.920. The third-order valence-electron chi connectivity index (χ3n) is 4.20. The highest BCUT2D eigenvalue weighted by atomic mass is 35.5. The molecule has 3 rings (SSSR count). The summed E-state index contributed by atoms with van der Waals surface area (Å²) in [5.41, 5.74) is 3.89. The van der Waals surface area contributed by atoms with Crippen LogP contribution < -0.4 is 10.2 Å². The first-order valence-electron chi connectivity index (χ1n) is 8.10. The van der Waals surface area contributed by atoms with Crippen LogP contribution in [0.15, 0.2) is 42.5 Å². The summed E-state index contributed by atoms with van der Waals surface area (Å²) in [4.78, 5) is 14.7. The zero-order valence-electron chi connectivity index (χ0n) is 13.7. The van der Waals surface area contributed by atoms with Crippen molar-refractivity contribution in [2.45, 2.75) is 13.3 Å². The molecule has 1 N–H and O–H groups in total. The Hall–Kier alpha value is -2.04. The summed E-state index contributed by atoms with van der Waals surface area (Å²) < 4.78 is 5.40. The van der Waals surface area contributed by atoms with Gasteiger partial charge in [-0.2, -0.15) is 0 Å². The second-order valence-corrected chi connectivity index (χ2v) is 6.35. The molecule has 1 fully saturated rings. The lowest BCUT2D eigenvalue weighted by Gasteiger charge is -2.30. The Morgan fingerprint density at radius 1 is 1.21 bits per heavy atom. The van der Waals surface area contributed by atoms with Gasteiger partial charge in [-0.1, -0.05) is 35.9 Å². The molecule has 0 aromatic heterocycles. The fraction of sp³-hybridized carbons (Fsp3) is 0.316. The van der Waals surface area contributed by atoms with Gasteiger partial charge in [-0.3, -0.25) is 4.79 Å². The van der Waals surface area contributed by atoms with Crippen molar-refractivity contribution in [1.82, 2.24) is 0 Å². The van der Waals surface area contributed by atoms with Gasteiger partial charge in [-0.25, -0.2) is 0 Å². The Balaban J connectivity index is 1.77. The third-order valence-corrected chi connectivity index (χ3v) is 4.43. The Morgan fingerprint density at radius 2 is 1.96 bits per heavy atom. The summed E-state index contributed by atoms with van der Waals surface area (Å²) >= 11 is 6.13. The molecule has 0 spiro atoms. The molecule has 0 radical (unpaired) electrons. The Kier molecular flexibility index (Phi) is 5.38. The normalized spacial score (nSPS) is 14.5. The minimum absolute atomic E-state index is 0.0407. The van der Waals surface area contributed by atoms with Gasteiger partial charge in [0, 0.05) is 18.1 Å². The summed E-state index contributed by atoms with van der Waals surface area (Å²) in [6.07, 6.45) is 0.349. The molecule has 0 aliphatic carbocycles. The highest BCUT2D eigenvalue weighted by Gasteiger charge is 2.17. The Labute approximate surface area is 147 Å². The van der Waals surface area contributed by atoms with Gasteiger partial charge in [0.15, 0.2) is 0 Å². The third kappa shape index (κ3) is 4.08. The van der Waals surface area contributed by atoms with Crippen LogP contribution >= 0.6 is 11.6 Å². The van der Waals surface area contributed by atoms with E-state index in [0.29, 0.717) is 24.7 Å². The maximum Gasteiger partial charge on any atom is 0.228 e. The number of amides is 1. The molecule has 1 saturated heterocycles. The van der Waals surface area contributed by atoms with Crippen molar-refractivity contribution in [3.05, 3.63) is 58.6 Å². The number of morpholine rings is 1. The number of nitrogens with zero attached hydrogens (tertiary/aromatic N) is 1. The van der Waals surface area contributed by atoms with Crippen LogP contribution in [0.3, 0.4) is 0 Å². The fourth-order valence-electron chi connectivity index (χ4n) is 2.86. The molecule has 4 nitrogen and oxygen atoms in total. The molecule has 24 heavy (non-hydrogen) atoms. The minimum Gasteiger partial charge on any atom is -0.378 e. The lowest BCUT2D eigenvalue weighted by molar-refractivity contribution is -0.115. The lowest BCUT2D eigenvalue weighted by Crippen LogP contribution is -2.36. The number of aryl methyl sites for hydroxylation is 1. The van der Waals surface area contributed by atoms with E-state index in [0.717, 1.165) is 35.6 Å². The first kappa shape index (κ1) is 16.8. The van der Waals surface area contributed by atoms with Gasteiger partial charge in [0.2, 0.25) is 5.91 Å². The largest absolute Gasteiger partial charge is 0.378 e. The van der Waals surface area contributed by atoms with Gasteiger partial charge in [0.1, 0.15) is 0 Å². The molecule has 126 valence electrons. The number of carbonyl (C=O) groups is 1. The molecule has 0 saturated carbocycles. The monoisotopic (exact) mass is 344 g/mol. The number of anilines is 2. The van der Waals surface area contributed by atoms with Crippen LogP contribution in [0.5, 0.6) is 0 Å². The van der Waals surface area contributed by atoms with Gasteiger partial charge in [-0.05, 0) is 36.2 Å². The maximum absolute atomic E-state index is 12.5. The molecule has 0 unspecified atom stereocenters. The molecule has 1 aliphatic rings. The smallest absolute Gasteiger partial charge is 0.228 e. The first-order valence-corrected chi connectivity index (χ1v) is 8.48. The zero-order chi connectivity index (χ0) is 16.9. The maximum atomic E-state index is 12.5. The van der Waals surface area contributed by atoms with E-state index >= 15 is 0 Å². The van der Waals surface area contributed by atoms with E-state index in [-0.39, 0.29) is 5.91 Å². The van der Waals surface area contributed by atoms with E-state index in [9.17, 15) is 4.79 Å². The Morgan fingerprint density at radius 3 is 2.71 bits per heavy atom. The van der Waals surface area contributed by atoms with Crippen molar-refractivity contribution in [2.24, 2.45) is 0 Å². The molecule has 1 heterocycles. The average molecular weight is 345 g/mol. The number of carbonyl (C=O) groups excluding carboxylic acids is 1. The predicted octanol–water partition coefficient (Wildman–Crippen LogP) is 3.67. The minimum atomic E-state index is -0.0407. The van der Waals surface area contributed by atoms with E-state index in [1.165, 1.54) is 0 Å². The van der Waals surface area contributed by atoms with E-state index in [1.54, 1.807) is 0 Å². The number of hydrogen-bond acceptors (Lipinski definition) is 3. The van der Waals surface area contributed by atoms with Crippen LogP contribution in [0.1, 0.15) is 11.1 Å². The van der Waals surface area contributed by atoms with Crippen molar-refractivity contribution in [1.29, 1.82) is 0 Å². The van der Waals surface area contributed by atoms with Crippen LogP contribution in [-0.2, 0) is 16.0 Å². The summed E-state index contributed by atoms with van der Waals surface area (Å²) in [7, 11) is 0. The number of rotatable bonds is 4. The molecule has 5 heteroatoms. The van der Waals surface area contributed by atoms with Crippen molar-refractivity contribution in [2.75, 3.05) is 36.5 Å². The second kappa shape index (κ2) is 7.69.